The molecule has 1 aromatic carbocycles. The number of nitrogens with two attached hydrogens (primary N) is 1. The lowest BCUT2D eigenvalue weighted by Crippen LogP contribution is -2.26. The number of methoxy groups -OCH3 is 1. The lowest BCUT2D eigenvalue weighted by molar-refractivity contribution is 0.131. The molecule has 4 nitrogen and oxygen atoms in total. The quantitative estimate of drug-likeness (QED) is 0.752. The van der Waals surface area contributed by atoms with E-state index >= 15 is 0 Å². The maximum absolute atomic E-state index is 13.3. The van der Waals surface area contributed by atoms with Crippen molar-refractivity contribution in [2.75, 3.05) is 19.9 Å². The zero-order valence-corrected chi connectivity index (χ0v) is 8.58. The lowest BCUT2D eigenvalue weighted by atomic mass is 10.1. The number of amides is 1. The fraction of sp³-hybridized carbons (Fsp3) is 0.300. The van der Waals surface area contributed by atoms with E-state index in [0.29, 0.717) is 0 Å². The van der Waals surface area contributed by atoms with Crippen LogP contribution in [0.1, 0.15) is 5.56 Å². The number of ether oxygens (including phenoxy) is 1. The van der Waals surface area contributed by atoms with E-state index in [4.69, 9.17) is 5.73 Å². The minimum absolute atomic E-state index is 0.0572. The molecule has 0 bridgehead atoms. The normalized spacial score (nSPS) is 9.80. The maximum Gasteiger partial charge on any atom is 0.409 e. The predicted molar refractivity (Wildman–Crippen MR) is 53.5 cm³/mol. The molecule has 1 amide bonds. The number of carbonyl (C=O) groups excluding carboxylic acids is 1. The smallest absolute Gasteiger partial charge is 0.409 e. The van der Waals surface area contributed by atoms with E-state index in [1.807, 2.05) is 0 Å². The van der Waals surface area contributed by atoms with E-state index in [0.717, 1.165) is 0 Å². The van der Waals surface area contributed by atoms with Crippen LogP contribution in [0, 0.1) is 11.9 Å². The molecule has 0 aliphatic carbocycles. The average Bonchev–Trinajstić information content (AvgIpc) is 2.22. The highest BCUT2D eigenvalue weighted by molar-refractivity contribution is 5.67. The summed E-state index contributed by atoms with van der Waals surface area (Å²) in [5, 5.41) is 0. The van der Waals surface area contributed by atoms with Gasteiger partial charge in [-0.05, 0) is 12.1 Å². The molecule has 0 aliphatic heterocycles. The van der Waals surface area contributed by atoms with Gasteiger partial charge < -0.3 is 15.4 Å². The van der Waals surface area contributed by atoms with Gasteiger partial charge in [-0.25, -0.2) is 9.18 Å². The molecule has 0 saturated heterocycles. The van der Waals surface area contributed by atoms with E-state index in [1.165, 1.54) is 31.2 Å². The first-order valence-corrected chi connectivity index (χ1v) is 4.30. The van der Waals surface area contributed by atoms with Gasteiger partial charge in [-0.15, -0.1) is 0 Å². The summed E-state index contributed by atoms with van der Waals surface area (Å²) in [6.07, 6.45) is -0.544. The van der Waals surface area contributed by atoms with Crippen LogP contribution in [0.15, 0.2) is 12.1 Å². The first-order valence-electron chi connectivity index (χ1n) is 4.30. The summed E-state index contributed by atoms with van der Waals surface area (Å²) in [5.74, 6) is -0.456. The third-order valence-corrected chi connectivity index (χ3v) is 1.96. The molecule has 0 saturated carbocycles. The molecule has 2 N–H and O–H groups in total. The fourth-order valence-corrected chi connectivity index (χ4v) is 1.14. The minimum atomic E-state index is -0.544. The highest BCUT2D eigenvalue weighted by Crippen LogP contribution is 2.16. The largest absolute Gasteiger partial charge is 0.453 e. The highest BCUT2D eigenvalue weighted by Gasteiger charge is 2.13. The molecular formula is C10H12FN2O2. The van der Waals surface area contributed by atoms with Crippen molar-refractivity contribution in [1.29, 1.82) is 0 Å². The van der Waals surface area contributed by atoms with Gasteiger partial charge in [0.15, 0.2) is 0 Å². The zero-order valence-electron chi connectivity index (χ0n) is 8.58. The Morgan fingerprint density at radius 1 is 1.73 bits per heavy atom. The minimum Gasteiger partial charge on any atom is -0.453 e. The van der Waals surface area contributed by atoms with Gasteiger partial charge >= 0.3 is 6.09 Å². The molecule has 0 spiro atoms. The molecule has 0 atom stereocenters. The lowest BCUT2D eigenvalue weighted by Gasteiger charge is -2.16. The van der Waals surface area contributed by atoms with Gasteiger partial charge in [0.1, 0.15) is 5.82 Å². The van der Waals surface area contributed by atoms with Crippen LogP contribution in [0.2, 0.25) is 0 Å². The van der Waals surface area contributed by atoms with Gasteiger partial charge in [0.25, 0.3) is 0 Å². The van der Waals surface area contributed by atoms with Gasteiger partial charge in [0.05, 0.1) is 13.7 Å². The number of benzene rings is 1. The summed E-state index contributed by atoms with van der Waals surface area (Å²) in [6, 6.07) is 5.30. The van der Waals surface area contributed by atoms with Crippen molar-refractivity contribution < 1.29 is 13.9 Å². The second-order valence-electron chi connectivity index (χ2n) is 3.04. The van der Waals surface area contributed by atoms with Crippen LogP contribution in [0.25, 0.3) is 0 Å². The number of nitrogens with zero attached hydrogens (tertiary/aromatic N) is 1. The summed E-state index contributed by atoms with van der Waals surface area (Å²) >= 11 is 0. The van der Waals surface area contributed by atoms with Crippen LogP contribution in [0.3, 0.4) is 0 Å². The Balaban J connectivity index is 2.85. The molecule has 1 rings (SSSR count). The molecule has 0 heterocycles. The predicted octanol–water partition coefficient (Wildman–Crippen LogP) is 1.41. The molecule has 0 aliphatic rings. The molecule has 0 unspecified atom stereocenters. The van der Waals surface area contributed by atoms with Gasteiger partial charge in [-0.3, -0.25) is 0 Å². The third kappa shape index (κ3) is 2.59. The first kappa shape index (κ1) is 11.3. The van der Waals surface area contributed by atoms with Crippen molar-refractivity contribution in [3.05, 3.63) is 29.6 Å². The number of halogens is 1. The Hall–Kier alpha value is -1.78. The van der Waals surface area contributed by atoms with Crippen molar-refractivity contribution in [3.8, 4) is 0 Å². The van der Waals surface area contributed by atoms with Crippen LogP contribution in [-0.2, 0) is 11.3 Å². The van der Waals surface area contributed by atoms with Gasteiger partial charge in [0, 0.05) is 24.4 Å². The summed E-state index contributed by atoms with van der Waals surface area (Å²) < 4.78 is 17.8. The maximum atomic E-state index is 13.3. The number of hydrogen-bond donors (Lipinski definition) is 1. The molecule has 81 valence electrons. The van der Waals surface area contributed by atoms with Crippen molar-refractivity contribution in [1.82, 2.24) is 4.90 Å². The van der Waals surface area contributed by atoms with Gasteiger partial charge in [-0.1, -0.05) is 0 Å². The Bertz CT molecular complexity index is 348. The number of anilines is 1. The van der Waals surface area contributed by atoms with Crippen LogP contribution in [0.5, 0.6) is 0 Å². The Labute approximate surface area is 87.4 Å². The SMILES string of the molecule is COC(=O)N(C)Cc1c(N)[c]ccc1F. The molecular weight excluding hydrogens is 199 g/mol. The van der Waals surface area contributed by atoms with Crippen LogP contribution < -0.4 is 5.73 Å². The Morgan fingerprint density at radius 2 is 2.40 bits per heavy atom. The van der Waals surface area contributed by atoms with Crippen LogP contribution in [0.4, 0.5) is 14.9 Å². The van der Waals surface area contributed by atoms with E-state index in [2.05, 4.69) is 10.8 Å². The standard InChI is InChI=1S/C10H12FN2O2/c1-13(10(14)15-2)6-7-8(11)4-3-5-9(7)12/h3-4H,6,12H2,1-2H3. The first-order chi connectivity index (χ1) is 7.06. The zero-order chi connectivity index (χ0) is 11.4. The van der Waals surface area contributed by atoms with Crippen molar-refractivity contribution in [3.63, 3.8) is 0 Å². The summed E-state index contributed by atoms with van der Waals surface area (Å²) in [6.45, 7) is 0.0572. The summed E-state index contributed by atoms with van der Waals surface area (Å²) in [7, 11) is 2.76. The van der Waals surface area contributed by atoms with Gasteiger partial charge in [-0.2, -0.15) is 0 Å². The van der Waals surface area contributed by atoms with Crippen molar-refractivity contribution in [2.24, 2.45) is 0 Å². The van der Waals surface area contributed by atoms with Crippen molar-refractivity contribution in [2.45, 2.75) is 6.54 Å². The van der Waals surface area contributed by atoms with Crippen LogP contribution in [-0.4, -0.2) is 25.2 Å². The molecule has 5 heteroatoms. The number of nitrogen functional groups attached to an aromatic ring is 1. The van der Waals surface area contributed by atoms with Gasteiger partial charge in [0.2, 0.25) is 0 Å². The number of hydrogen-bond acceptors (Lipinski definition) is 3. The van der Waals surface area contributed by atoms with E-state index in [1.54, 1.807) is 0 Å². The second kappa shape index (κ2) is 4.63. The van der Waals surface area contributed by atoms with Crippen molar-refractivity contribution >= 4 is 11.8 Å². The molecule has 1 aromatic rings. The van der Waals surface area contributed by atoms with E-state index < -0.39 is 11.9 Å². The fourth-order valence-electron chi connectivity index (χ4n) is 1.14. The monoisotopic (exact) mass is 211 g/mol. The number of rotatable bonds is 2. The van der Waals surface area contributed by atoms with E-state index in [-0.39, 0.29) is 17.8 Å². The molecule has 15 heavy (non-hydrogen) atoms. The number of carbonyl (C=O) groups is 1. The second-order valence-corrected chi connectivity index (χ2v) is 3.04. The third-order valence-electron chi connectivity index (χ3n) is 1.96. The molecule has 0 fully saturated rings. The van der Waals surface area contributed by atoms with E-state index in [9.17, 15) is 9.18 Å². The Morgan fingerprint density at radius 3 is 2.93 bits per heavy atom. The van der Waals surface area contributed by atoms with Crippen LogP contribution >= 0.6 is 0 Å². The molecule has 1 radical (unpaired) electrons. The summed E-state index contributed by atoms with van der Waals surface area (Å²) in [4.78, 5) is 12.3. The average molecular weight is 211 g/mol. The molecule has 0 aromatic heterocycles. The summed E-state index contributed by atoms with van der Waals surface area (Å²) in [5.41, 5.74) is 5.98. The Kier molecular flexibility index (Phi) is 3.49. The highest BCUT2D eigenvalue weighted by atomic mass is 19.1. The topological polar surface area (TPSA) is 55.6 Å².